The van der Waals surface area contributed by atoms with Crippen LogP contribution in [-0.4, -0.2) is 43.6 Å². The van der Waals surface area contributed by atoms with Crippen LogP contribution in [0.25, 0.3) is 0 Å². The summed E-state index contributed by atoms with van der Waals surface area (Å²) in [5, 5.41) is 6.80. The number of aryl methyl sites for hydroxylation is 1. The lowest BCUT2D eigenvalue weighted by Crippen LogP contribution is -2.37. The normalized spacial score (nSPS) is 15.3. The Hall–Kier alpha value is -0.340. The number of likely N-dealkylation sites (tertiary alicyclic amines) is 1. The molecule has 0 spiro atoms. The zero-order valence-corrected chi connectivity index (χ0v) is 18.3. The van der Waals surface area contributed by atoms with Crippen molar-refractivity contribution in [1.29, 1.82) is 0 Å². The molecule has 0 saturated carbocycles. The minimum atomic E-state index is 0. The lowest BCUT2D eigenvalue weighted by atomic mass is 10.3. The topological polar surface area (TPSA) is 39.7 Å². The van der Waals surface area contributed by atoms with Gasteiger partial charge in [-0.3, -0.25) is 0 Å². The molecule has 0 aliphatic carbocycles. The van der Waals surface area contributed by atoms with Crippen LogP contribution in [0.1, 0.15) is 49.3 Å². The van der Waals surface area contributed by atoms with E-state index in [9.17, 15) is 0 Å². The van der Waals surface area contributed by atoms with Crippen molar-refractivity contribution in [3.05, 3.63) is 21.9 Å². The van der Waals surface area contributed by atoms with Crippen molar-refractivity contribution in [2.75, 3.05) is 32.7 Å². The predicted octanol–water partition coefficient (Wildman–Crippen LogP) is 3.86. The smallest absolute Gasteiger partial charge is 0.191 e. The highest BCUT2D eigenvalue weighted by atomic mass is 127. The van der Waals surface area contributed by atoms with Crippen LogP contribution in [-0.2, 0) is 13.0 Å². The molecule has 2 N–H and O–H groups in total. The number of aliphatic imine (C=N–C) groups is 1. The maximum atomic E-state index is 4.70. The van der Waals surface area contributed by atoms with Gasteiger partial charge in [-0.1, -0.05) is 6.92 Å². The molecular weight excluding hydrogens is 431 g/mol. The van der Waals surface area contributed by atoms with Gasteiger partial charge in [-0.2, -0.15) is 0 Å². The molecule has 0 bridgehead atoms. The van der Waals surface area contributed by atoms with Gasteiger partial charge in [-0.15, -0.1) is 35.3 Å². The van der Waals surface area contributed by atoms with Crippen LogP contribution in [0, 0.1) is 0 Å². The largest absolute Gasteiger partial charge is 0.357 e. The van der Waals surface area contributed by atoms with Gasteiger partial charge in [0.2, 0.25) is 0 Å². The van der Waals surface area contributed by atoms with Gasteiger partial charge < -0.3 is 15.5 Å². The van der Waals surface area contributed by atoms with E-state index < -0.39 is 0 Å². The zero-order chi connectivity index (χ0) is 16.3. The van der Waals surface area contributed by atoms with E-state index in [2.05, 4.69) is 41.5 Å². The fraction of sp³-hybridized carbons (Fsp3) is 0.722. The molecule has 0 amide bonds. The third kappa shape index (κ3) is 8.16. The summed E-state index contributed by atoms with van der Waals surface area (Å²) < 4.78 is 0. The molecule has 24 heavy (non-hydrogen) atoms. The Labute approximate surface area is 168 Å². The van der Waals surface area contributed by atoms with E-state index in [1.165, 1.54) is 55.1 Å². The molecule has 0 unspecified atom stereocenters. The van der Waals surface area contributed by atoms with Crippen molar-refractivity contribution in [1.82, 2.24) is 15.5 Å². The Balaban J connectivity index is 0.00000288. The molecule has 1 aliphatic rings. The molecule has 1 aliphatic heterocycles. The Morgan fingerprint density at radius 2 is 1.88 bits per heavy atom. The third-order valence-electron chi connectivity index (χ3n) is 4.20. The standard InChI is InChI=1S/C18H32N4S.HI/c1-3-16-9-10-17(23-16)15-21-18(19-4-2)20-11-5-6-12-22-13-7-8-14-22;/h9-10H,3-8,11-15H2,1-2H3,(H2,19,20,21);1H. The fourth-order valence-electron chi connectivity index (χ4n) is 2.87. The molecule has 1 saturated heterocycles. The van der Waals surface area contributed by atoms with Gasteiger partial charge in [0.15, 0.2) is 5.96 Å². The molecule has 2 heterocycles. The van der Waals surface area contributed by atoms with Crippen molar-refractivity contribution in [2.45, 2.75) is 52.5 Å². The summed E-state index contributed by atoms with van der Waals surface area (Å²) >= 11 is 1.87. The molecule has 1 aromatic heterocycles. The van der Waals surface area contributed by atoms with Crippen molar-refractivity contribution >= 4 is 41.3 Å². The van der Waals surface area contributed by atoms with E-state index in [0.29, 0.717) is 0 Å². The third-order valence-corrected chi connectivity index (χ3v) is 5.41. The van der Waals surface area contributed by atoms with Crippen molar-refractivity contribution in [2.24, 2.45) is 4.99 Å². The van der Waals surface area contributed by atoms with Gasteiger partial charge in [0.05, 0.1) is 6.54 Å². The molecular formula is C18H33IN4S. The predicted molar refractivity (Wildman–Crippen MR) is 117 cm³/mol. The van der Waals surface area contributed by atoms with E-state index in [1.807, 2.05) is 11.3 Å². The highest BCUT2D eigenvalue weighted by Crippen LogP contribution is 2.17. The number of nitrogens with one attached hydrogen (secondary N) is 2. The second-order valence-corrected chi connectivity index (χ2v) is 7.35. The number of hydrogen-bond acceptors (Lipinski definition) is 3. The van der Waals surface area contributed by atoms with Crippen LogP contribution in [0.5, 0.6) is 0 Å². The average molecular weight is 464 g/mol. The molecule has 0 atom stereocenters. The lowest BCUT2D eigenvalue weighted by molar-refractivity contribution is 0.330. The molecule has 4 nitrogen and oxygen atoms in total. The highest BCUT2D eigenvalue weighted by molar-refractivity contribution is 14.0. The lowest BCUT2D eigenvalue weighted by Gasteiger charge is -2.15. The van der Waals surface area contributed by atoms with Gasteiger partial charge >= 0.3 is 0 Å². The Morgan fingerprint density at radius 1 is 1.12 bits per heavy atom. The van der Waals surface area contributed by atoms with Gasteiger partial charge in [0.1, 0.15) is 0 Å². The van der Waals surface area contributed by atoms with Crippen LogP contribution in [0.2, 0.25) is 0 Å². The average Bonchev–Trinajstić information content (AvgIpc) is 3.23. The quantitative estimate of drug-likeness (QED) is 0.252. The van der Waals surface area contributed by atoms with Crippen LogP contribution >= 0.6 is 35.3 Å². The van der Waals surface area contributed by atoms with Gasteiger partial charge in [-0.25, -0.2) is 4.99 Å². The molecule has 1 aromatic rings. The molecule has 6 heteroatoms. The van der Waals surface area contributed by atoms with Gasteiger partial charge in [-0.05, 0) is 70.8 Å². The summed E-state index contributed by atoms with van der Waals surface area (Å²) in [6, 6.07) is 4.42. The number of nitrogens with zero attached hydrogens (tertiary/aromatic N) is 2. The summed E-state index contributed by atoms with van der Waals surface area (Å²) in [7, 11) is 0. The van der Waals surface area contributed by atoms with Crippen molar-refractivity contribution in [3.63, 3.8) is 0 Å². The first-order chi connectivity index (χ1) is 11.3. The molecule has 0 radical (unpaired) electrons. The molecule has 138 valence electrons. The summed E-state index contributed by atoms with van der Waals surface area (Å²) in [6.45, 7) is 10.9. The second-order valence-electron chi connectivity index (χ2n) is 6.10. The highest BCUT2D eigenvalue weighted by Gasteiger charge is 2.10. The monoisotopic (exact) mass is 464 g/mol. The molecule has 1 fully saturated rings. The first kappa shape index (κ1) is 21.7. The van der Waals surface area contributed by atoms with Crippen molar-refractivity contribution in [3.8, 4) is 0 Å². The SMILES string of the molecule is CCNC(=NCc1ccc(CC)s1)NCCCCN1CCCC1.I. The van der Waals surface area contributed by atoms with E-state index in [1.54, 1.807) is 0 Å². The van der Waals surface area contributed by atoms with Crippen LogP contribution in [0.3, 0.4) is 0 Å². The fourth-order valence-corrected chi connectivity index (χ4v) is 3.75. The maximum absolute atomic E-state index is 4.70. The van der Waals surface area contributed by atoms with E-state index >= 15 is 0 Å². The maximum Gasteiger partial charge on any atom is 0.191 e. The number of hydrogen-bond donors (Lipinski definition) is 2. The summed E-state index contributed by atoms with van der Waals surface area (Å²) in [5.74, 6) is 0.945. The van der Waals surface area contributed by atoms with E-state index in [4.69, 9.17) is 4.99 Å². The van der Waals surface area contributed by atoms with Crippen LogP contribution < -0.4 is 10.6 Å². The second kappa shape index (κ2) is 12.9. The van der Waals surface area contributed by atoms with Crippen molar-refractivity contribution < 1.29 is 0 Å². The van der Waals surface area contributed by atoms with E-state index in [-0.39, 0.29) is 24.0 Å². The van der Waals surface area contributed by atoms with Gasteiger partial charge in [0.25, 0.3) is 0 Å². The number of halogens is 1. The summed E-state index contributed by atoms with van der Waals surface area (Å²) in [5.41, 5.74) is 0. The minimum absolute atomic E-state index is 0. The van der Waals surface area contributed by atoms with Crippen LogP contribution in [0.15, 0.2) is 17.1 Å². The van der Waals surface area contributed by atoms with Crippen LogP contribution in [0.4, 0.5) is 0 Å². The Bertz CT molecular complexity index is 469. The first-order valence-electron chi connectivity index (χ1n) is 9.14. The Morgan fingerprint density at radius 3 is 2.54 bits per heavy atom. The number of unbranched alkanes of at least 4 members (excludes halogenated alkanes) is 1. The summed E-state index contributed by atoms with van der Waals surface area (Å²) in [6.07, 6.45) is 6.37. The van der Waals surface area contributed by atoms with Gasteiger partial charge in [0, 0.05) is 22.8 Å². The Kier molecular flexibility index (Phi) is 11.7. The zero-order valence-electron chi connectivity index (χ0n) is 15.1. The van der Waals surface area contributed by atoms with E-state index in [0.717, 1.165) is 32.0 Å². The summed E-state index contributed by atoms with van der Waals surface area (Å²) in [4.78, 5) is 10.1. The number of guanidine groups is 1. The minimum Gasteiger partial charge on any atom is -0.357 e. The first-order valence-corrected chi connectivity index (χ1v) is 9.95. The number of thiophene rings is 1. The molecule has 2 rings (SSSR count). The molecule has 0 aromatic carbocycles. The number of rotatable bonds is 9.